The lowest BCUT2D eigenvalue weighted by molar-refractivity contribution is 0.199. The number of hydrogen-bond donors (Lipinski definition) is 1. The van der Waals surface area contributed by atoms with Crippen LogP contribution < -0.4 is 10.2 Å². The van der Waals surface area contributed by atoms with Gasteiger partial charge >= 0.3 is 0 Å². The van der Waals surface area contributed by atoms with Gasteiger partial charge in [0.2, 0.25) is 0 Å². The van der Waals surface area contributed by atoms with Crippen LogP contribution in [0.15, 0.2) is 0 Å². The monoisotopic (exact) mass is 315 g/mol. The van der Waals surface area contributed by atoms with Crippen molar-refractivity contribution in [3.05, 3.63) is 10.6 Å². The molecule has 0 aromatic carbocycles. The van der Waals surface area contributed by atoms with Crippen LogP contribution in [0.25, 0.3) is 0 Å². The van der Waals surface area contributed by atoms with Crippen molar-refractivity contribution < 1.29 is 4.74 Å². The molecule has 0 aliphatic carbocycles. The number of methoxy groups -OCH3 is 1. The Morgan fingerprint density at radius 3 is 3.00 bits per heavy atom. The minimum atomic E-state index is 0.658. The molecule has 0 spiro atoms. The Morgan fingerprint density at radius 1 is 1.50 bits per heavy atom. The highest BCUT2D eigenvalue weighted by Crippen LogP contribution is 2.31. The predicted octanol–water partition coefficient (Wildman–Crippen LogP) is 2.38. The van der Waals surface area contributed by atoms with E-state index in [2.05, 4.69) is 35.9 Å². The van der Waals surface area contributed by atoms with Crippen LogP contribution in [-0.2, 0) is 17.7 Å². The van der Waals surface area contributed by atoms with Gasteiger partial charge in [-0.25, -0.2) is 4.98 Å². The van der Waals surface area contributed by atoms with Gasteiger partial charge in [0, 0.05) is 43.9 Å². The molecule has 1 atom stereocenters. The van der Waals surface area contributed by atoms with Gasteiger partial charge in [-0.3, -0.25) is 0 Å². The second-order valence-electron chi connectivity index (χ2n) is 5.02. The number of ether oxygens (including phenoxy) is 1. The summed E-state index contributed by atoms with van der Waals surface area (Å²) in [5, 5.41) is 4.60. The number of hydrogen-bond acceptors (Lipinski definition) is 6. The largest absolute Gasteiger partial charge is 0.383 e. The lowest BCUT2D eigenvalue weighted by atomic mass is 10.2. The van der Waals surface area contributed by atoms with Crippen molar-refractivity contribution in [2.45, 2.75) is 32.4 Å². The van der Waals surface area contributed by atoms with Gasteiger partial charge in [-0.2, -0.15) is 11.8 Å². The molecule has 4 nitrogen and oxygen atoms in total. The first-order valence-corrected chi connectivity index (χ1v) is 9.22. The number of thiazole rings is 1. The zero-order valence-corrected chi connectivity index (χ0v) is 14.3. The Kier molecular flexibility index (Phi) is 6.61. The Labute approximate surface area is 130 Å². The van der Waals surface area contributed by atoms with Gasteiger partial charge in [0.15, 0.2) is 5.13 Å². The van der Waals surface area contributed by atoms with E-state index in [-0.39, 0.29) is 0 Å². The van der Waals surface area contributed by atoms with Crippen molar-refractivity contribution in [3.8, 4) is 0 Å². The summed E-state index contributed by atoms with van der Waals surface area (Å²) in [6.07, 6.45) is 2.29. The molecule has 2 rings (SSSR count). The second kappa shape index (κ2) is 8.22. The molecule has 1 aromatic heterocycles. The first kappa shape index (κ1) is 16.1. The van der Waals surface area contributed by atoms with Crippen LogP contribution in [0.1, 0.15) is 23.9 Å². The highest BCUT2D eigenvalue weighted by Gasteiger charge is 2.23. The van der Waals surface area contributed by atoms with E-state index in [1.807, 2.05) is 11.3 Å². The Hall–Kier alpha value is -0.300. The van der Waals surface area contributed by atoms with E-state index < -0.39 is 0 Å². The van der Waals surface area contributed by atoms with Gasteiger partial charge in [0.05, 0.1) is 12.3 Å². The van der Waals surface area contributed by atoms with Gasteiger partial charge in [-0.15, -0.1) is 11.3 Å². The maximum atomic E-state index is 5.06. The highest BCUT2D eigenvalue weighted by atomic mass is 32.2. The van der Waals surface area contributed by atoms with Crippen molar-refractivity contribution in [3.63, 3.8) is 0 Å². The molecule has 0 saturated carbocycles. The molecule has 0 radical (unpaired) electrons. The van der Waals surface area contributed by atoms with Crippen molar-refractivity contribution in [1.82, 2.24) is 10.3 Å². The second-order valence-corrected chi connectivity index (χ2v) is 7.23. The molecule has 1 aromatic rings. The Morgan fingerprint density at radius 2 is 2.35 bits per heavy atom. The fraction of sp³-hybridized carbons (Fsp3) is 0.786. The molecule has 114 valence electrons. The molecule has 20 heavy (non-hydrogen) atoms. The van der Waals surface area contributed by atoms with E-state index in [1.54, 1.807) is 7.11 Å². The number of aryl methyl sites for hydroxylation is 1. The normalized spacial score (nSPS) is 18.6. The predicted molar refractivity (Wildman–Crippen MR) is 89.2 cm³/mol. The molecular formula is C14H25N3OS2. The summed E-state index contributed by atoms with van der Waals surface area (Å²) in [6.45, 7) is 4.73. The summed E-state index contributed by atoms with van der Waals surface area (Å²) in [5.41, 5.74) is 1.24. The summed E-state index contributed by atoms with van der Waals surface area (Å²) in [4.78, 5) is 8.58. The topological polar surface area (TPSA) is 37.4 Å². The maximum Gasteiger partial charge on any atom is 0.185 e. The molecule has 1 fully saturated rings. The molecule has 2 heterocycles. The third-order valence-electron chi connectivity index (χ3n) is 3.63. The van der Waals surface area contributed by atoms with Gasteiger partial charge in [0.1, 0.15) is 0 Å². The first-order chi connectivity index (χ1) is 9.76. The number of nitrogens with zero attached hydrogens (tertiary/aromatic N) is 2. The molecule has 0 bridgehead atoms. The first-order valence-electron chi connectivity index (χ1n) is 7.25. The summed E-state index contributed by atoms with van der Waals surface area (Å²) in [7, 11) is 3.93. The summed E-state index contributed by atoms with van der Waals surface area (Å²) in [5.74, 6) is 2.52. The molecule has 1 aliphatic rings. The van der Waals surface area contributed by atoms with Crippen molar-refractivity contribution in [2.75, 3.05) is 43.7 Å². The van der Waals surface area contributed by atoms with Crippen LogP contribution in [0, 0.1) is 0 Å². The average molecular weight is 316 g/mol. The van der Waals surface area contributed by atoms with E-state index in [9.17, 15) is 0 Å². The van der Waals surface area contributed by atoms with Gasteiger partial charge < -0.3 is 15.0 Å². The maximum absolute atomic E-state index is 5.06. The quantitative estimate of drug-likeness (QED) is 0.746. The smallest absolute Gasteiger partial charge is 0.185 e. The lowest BCUT2D eigenvalue weighted by Gasteiger charge is -2.22. The van der Waals surface area contributed by atoms with Gasteiger partial charge in [-0.1, -0.05) is 6.92 Å². The van der Waals surface area contributed by atoms with Crippen LogP contribution in [-0.4, -0.2) is 49.8 Å². The minimum absolute atomic E-state index is 0.658. The van der Waals surface area contributed by atoms with Crippen LogP contribution >= 0.6 is 23.1 Å². The zero-order valence-electron chi connectivity index (χ0n) is 12.6. The fourth-order valence-electron chi connectivity index (χ4n) is 2.29. The van der Waals surface area contributed by atoms with Gasteiger partial charge in [-0.05, 0) is 18.6 Å². The summed E-state index contributed by atoms with van der Waals surface area (Å²) < 4.78 is 5.06. The Bertz CT molecular complexity index is 405. The molecule has 1 aliphatic heterocycles. The fourth-order valence-corrected chi connectivity index (χ4v) is 4.71. The van der Waals surface area contributed by atoms with E-state index in [4.69, 9.17) is 9.72 Å². The van der Waals surface area contributed by atoms with Crippen molar-refractivity contribution >= 4 is 28.2 Å². The number of nitrogens with one attached hydrogen (secondary N) is 1. The zero-order chi connectivity index (χ0) is 14.4. The number of rotatable bonds is 8. The molecule has 0 amide bonds. The van der Waals surface area contributed by atoms with Crippen LogP contribution in [0.5, 0.6) is 0 Å². The third-order valence-corrected chi connectivity index (χ3v) is 5.96. The molecule has 6 heteroatoms. The summed E-state index contributed by atoms with van der Waals surface area (Å²) in [6, 6.07) is 0.658. The van der Waals surface area contributed by atoms with Crippen LogP contribution in [0.4, 0.5) is 5.13 Å². The minimum Gasteiger partial charge on any atom is -0.383 e. The third kappa shape index (κ3) is 4.10. The van der Waals surface area contributed by atoms with Crippen LogP contribution in [0.3, 0.4) is 0 Å². The van der Waals surface area contributed by atoms with E-state index in [1.165, 1.54) is 33.6 Å². The standard InChI is InChI=1S/C14H25N3OS2/c1-4-12-13(9-15-6-7-18-3)20-14(16-12)17(2)11-5-8-19-10-11/h11,15H,4-10H2,1-3H3. The van der Waals surface area contributed by atoms with Crippen molar-refractivity contribution in [2.24, 2.45) is 0 Å². The number of aromatic nitrogens is 1. The average Bonchev–Trinajstić information content (AvgIpc) is 3.12. The van der Waals surface area contributed by atoms with E-state index in [0.29, 0.717) is 6.04 Å². The molecule has 1 saturated heterocycles. The van der Waals surface area contributed by atoms with Crippen molar-refractivity contribution in [1.29, 1.82) is 0 Å². The molecule has 1 N–H and O–H groups in total. The highest BCUT2D eigenvalue weighted by molar-refractivity contribution is 7.99. The SMILES string of the molecule is CCc1nc(N(C)C2CCSC2)sc1CNCCOC. The lowest BCUT2D eigenvalue weighted by Crippen LogP contribution is -2.31. The molecular weight excluding hydrogens is 290 g/mol. The summed E-state index contributed by atoms with van der Waals surface area (Å²) >= 11 is 3.89. The molecule has 1 unspecified atom stereocenters. The number of thioether (sulfide) groups is 1. The number of anilines is 1. The Balaban J connectivity index is 1.97. The van der Waals surface area contributed by atoms with Gasteiger partial charge in [0.25, 0.3) is 0 Å². The van der Waals surface area contributed by atoms with Crippen LogP contribution in [0.2, 0.25) is 0 Å². The van der Waals surface area contributed by atoms with E-state index in [0.717, 1.165) is 26.1 Å². The van der Waals surface area contributed by atoms with E-state index >= 15 is 0 Å².